The van der Waals surface area contributed by atoms with Crippen molar-refractivity contribution >= 4 is 34.6 Å². The summed E-state index contributed by atoms with van der Waals surface area (Å²) >= 11 is 0. The third-order valence-electron chi connectivity index (χ3n) is 5.60. The van der Waals surface area contributed by atoms with Crippen molar-refractivity contribution in [3.63, 3.8) is 0 Å². The first-order valence-electron chi connectivity index (χ1n) is 12.0. The molecule has 0 aromatic heterocycles. The molecule has 9 heteroatoms. The van der Waals surface area contributed by atoms with Crippen LogP contribution in [-0.4, -0.2) is 53.1 Å². The molecule has 2 rings (SSSR count). The lowest BCUT2D eigenvalue weighted by Crippen LogP contribution is -2.55. The maximum absolute atomic E-state index is 13.0. The first-order valence-corrected chi connectivity index (χ1v) is 13.7. The topological polar surface area (TPSA) is 125 Å². The van der Waals surface area contributed by atoms with Crippen molar-refractivity contribution in [3.8, 4) is 0 Å². The van der Waals surface area contributed by atoms with Gasteiger partial charge in [0.1, 0.15) is 24.2 Å². The fourth-order valence-corrected chi connectivity index (χ4v) is 4.92. The Labute approximate surface area is 215 Å². The third kappa shape index (κ3) is 10.5. The van der Waals surface area contributed by atoms with Crippen molar-refractivity contribution in [1.82, 2.24) is 10.6 Å². The number of amides is 2. The summed E-state index contributed by atoms with van der Waals surface area (Å²) in [6.07, 6.45) is -0.727. The van der Waals surface area contributed by atoms with E-state index in [1.807, 2.05) is 38.1 Å². The number of ketones is 1. The van der Waals surface area contributed by atoms with Crippen molar-refractivity contribution in [2.75, 3.05) is 17.3 Å². The van der Waals surface area contributed by atoms with Crippen LogP contribution in [0, 0.1) is 0 Å². The lowest BCUT2D eigenvalue weighted by atomic mass is 10.0. The number of rotatable bonds is 15. The van der Waals surface area contributed by atoms with Crippen LogP contribution in [0.5, 0.6) is 0 Å². The summed E-state index contributed by atoms with van der Waals surface area (Å²) in [5, 5.41) is 16.7. The van der Waals surface area contributed by atoms with E-state index in [0.29, 0.717) is 5.75 Å². The van der Waals surface area contributed by atoms with Gasteiger partial charge in [-0.3, -0.25) is 9.59 Å². The van der Waals surface area contributed by atoms with Crippen LogP contribution in [0.3, 0.4) is 0 Å². The maximum Gasteiger partial charge on any atom is 0.408 e. The molecule has 0 bridgehead atoms. The summed E-state index contributed by atoms with van der Waals surface area (Å²) in [7, 11) is -0.0188. The lowest BCUT2D eigenvalue weighted by Gasteiger charge is -2.24. The molecule has 0 heterocycles. The molecule has 36 heavy (non-hydrogen) atoms. The number of carbonyl (C=O) groups excluding carboxylic acids is 4. The molecule has 0 radical (unpaired) electrons. The number of nitrogens with one attached hydrogen (secondary N) is 2. The number of carbonyl (C=O) groups is 4. The molecule has 0 spiro atoms. The highest BCUT2D eigenvalue weighted by Crippen LogP contribution is 2.08. The molecule has 2 amide bonds. The van der Waals surface area contributed by atoms with Crippen LogP contribution in [-0.2, 0) is 43.0 Å². The van der Waals surface area contributed by atoms with E-state index in [-0.39, 0.29) is 42.5 Å². The summed E-state index contributed by atoms with van der Waals surface area (Å²) in [4.78, 5) is 49.5. The second kappa shape index (κ2) is 15.6. The monoisotopic (exact) mass is 514 g/mol. The summed E-state index contributed by atoms with van der Waals surface area (Å²) in [5.74, 6) is -0.00510. The Morgan fingerprint density at radius 1 is 0.861 bits per heavy atom. The van der Waals surface area contributed by atoms with Gasteiger partial charge in [0.25, 0.3) is 0 Å². The zero-order valence-electron chi connectivity index (χ0n) is 20.7. The number of Topliss-reactive ketones (excluding diaryl/α,β-unsaturated/α-hetero) is 1. The molecular weight excluding hydrogens is 480 g/mol. The van der Waals surface area contributed by atoms with Crippen molar-refractivity contribution in [2.24, 2.45) is 0 Å². The first-order chi connectivity index (χ1) is 17.3. The summed E-state index contributed by atoms with van der Waals surface area (Å²) in [5.41, 5.74) is 1.56. The third-order valence-corrected chi connectivity index (χ3v) is 7.96. The zero-order chi connectivity index (χ0) is 26.3. The number of alkyl carbamates (subject to hydrolysis) is 1. The number of aliphatic carboxylic acids is 1. The van der Waals surface area contributed by atoms with Crippen molar-refractivity contribution in [1.29, 1.82) is 0 Å². The summed E-state index contributed by atoms with van der Waals surface area (Å²) in [6, 6.07) is 15.7. The standard InChI is InChI=1S/C27H34N2O6S/c1-3-36(4-2)19-22(30)15-16-23(26(32)33)28-25(31)24(17-20-11-7-5-8-12-20)29-27(34)35-18-21-13-9-6-10-14-21/h5-14,23-24H,3-4,15-19H2,1-2H3,(H2-,28,29,31,32,33,34). The molecule has 194 valence electrons. The van der Waals surface area contributed by atoms with Gasteiger partial charge in [-0.05, 0) is 42.3 Å². The van der Waals surface area contributed by atoms with Gasteiger partial charge in [0.2, 0.25) is 5.91 Å². The molecule has 2 N–H and O–H groups in total. The molecule has 2 unspecified atom stereocenters. The molecular formula is C27H34N2O6S. The predicted molar refractivity (Wildman–Crippen MR) is 138 cm³/mol. The Hall–Kier alpha value is -3.33. The summed E-state index contributed by atoms with van der Waals surface area (Å²) in [6.45, 7) is 4.07. The van der Waals surface area contributed by atoms with Gasteiger partial charge in [-0.15, -0.1) is 0 Å². The Morgan fingerprint density at radius 2 is 1.44 bits per heavy atom. The van der Waals surface area contributed by atoms with Gasteiger partial charge in [0.05, 0.1) is 12.0 Å². The lowest BCUT2D eigenvalue weighted by molar-refractivity contribution is -0.308. The Kier molecular flexibility index (Phi) is 12.5. The summed E-state index contributed by atoms with van der Waals surface area (Å²) < 4.78 is 5.23. The molecule has 0 saturated carbocycles. The van der Waals surface area contributed by atoms with Gasteiger partial charge in [-0.25, -0.2) is 4.79 Å². The van der Waals surface area contributed by atoms with E-state index in [1.165, 1.54) is 0 Å². The molecule has 0 aliphatic heterocycles. The van der Waals surface area contributed by atoms with Crippen molar-refractivity contribution < 1.29 is 29.0 Å². The fraction of sp³-hybridized carbons (Fsp3) is 0.407. The molecule has 0 fully saturated rings. The number of hydrogen-bond acceptors (Lipinski definition) is 6. The SMILES string of the molecule is CC[S+](CC)CC(=O)CCC(NC(=O)C(Cc1ccccc1)NC(=O)OCc1ccccc1)C(=O)[O-]. The van der Waals surface area contributed by atoms with Gasteiger partial charge in [-0.2, -0.15) is 0 Å². The minimum atomic E-state index is -1.48. The second-order valence-corrected chi connectivity index (χ2v) is 10.9. The number of hydrogen-bond donors (Lipinski definition) is 2. The molecule has 0 saturated heterocycles. The minimum absolute atomic E-state index is 0.0188. The van der Waals surface area contributed by atoms with E-state index < -0.39 is 30.1 Å². The average molecular weight is 515 g/mol. The van der Waals surface area contributed by atoms with E-state index in [1.54, 1.807) is 36.4 Å². The number of ether oxygens (including phenoxy) is 1. The molecule has 0 aliphatic carbocycles. The highest BCUT2D eigenvalue weighted by molar-refractivity contribution is 7.97. The molecule has 0 aliphatic rings. The van der Waals surface area contributed by atoms with Gasteiger partial charge in [-0.1, -0.05) is 60.7 Å². The van der Waals surface area contributed by atoms with E-state index in [2.05, 4.69) is 10.6 Å². The number of benzene rings is 2. The molecule has 2 aromatic rings. The van der Waals surface area contributed by atoms with Crippen molar-refractivity contribution in [3.05, 3.63) is 71.8 Å². The quantitative estimate of drug-likeness (QED) is 0.349. The van der Waals surface area contributed by atoms with E-state index in [4.69, 9.17) is 4.74 Å². The smallest absolute Gasteiger partial charge is 0.408 e. The zero-order valence-corrected chi connectivity index (χ0v) is 21.6. The van der Waals surface area contributed by atoms with Gasteiger partial charge >= 0.3 is 6.09 Å². The Morgan fingerprint density at radius 3 is 2.00 bits per heavy atom. The highest BCUT2D eigenvalue weighted by Gasteiger charge is 2.26. The first kappa shape index (κ1) is 28.9. The highest BCUT2D eigenvalue weighted by atomic mass is 32.2. The second-order valence-electron chi connectivity index (χ2n) is 8.24. The van der Waals surface area contributed by atoms with Crippen LogP contribution < -0.4 is 15.7 Å². The molecule has 2 aromatic carbocycles. The molecule has 8 nitrogen and oxygen atoms in total. The van der Waals surface area contributed by atoms with Crippen molar-refractivity contribution in [2.45, 2.75) is 51.8 Å². The van der Waals surface area contributed by atoms with Crippen LogP contribution >= 0.6 is 0 Å². The van der Waals surface area contributed by atoms with Crippen LogP contribution in [0.25, 0.3) is 0 Å². The largest absolute Gasteiger partial charge is 0.548 e. The van der Waals surface area contributed by atoms with Crippen LogP contribution in [0.2, 0.25) is 0 Å². The number of carboxylic acids is 1. The van der Waals surface area contributed by atoms with E-state index >= 15 is 0 Å². The van der Waals surface area contributed by atoms with E-state index in [9.17, 15) is 24.3 Å². The van der Waals surface area contributed by atoms with Crippen LogP contribution in [0.1, 0.15) is 37.8 Å². The minimum Gasteiger partial charge on any atom is -0.548 e. The predicted octanol–water partition coefficient (Wildman–Crippen LogP) is 1.77. The average Bonchev–Trinajstić information content (AvgIpc) is 2.89. The van der Waals surface area contributed by atoms with E-state index in [0.717, 1.165) is 22.6 Å². The van der Waals surface area contributed by atoms with Gasteiger partial charge in [0, 0.05) is 12.8 Å². The Balaban J connectivity index is 2.02. The van der Waals surface area contributed by atoms with Gasteiger partial charge in [0.15, 0.2) is 11.5 Å². The van der Waals surface area contributed by atoms with Gasteiger partial charge < -0.3 is 25.3 Å². The maximum atomic E-state index is 13.0. The molecule has 2 atom stereocenters. The normalized spacial score (nSPS) is 12.4. The fourth-order valence-electron chi connectivity index (χ4n) is 3.50. The van der Waals surface area contributed by atoms with Crippen LogP contribution in [0.15, 0.2) is 60.7 Å². The number of carboxylic acid groups (broad SMARTS) is 1. The Bertz CT molecular complexity index is 982. The van der Waals surface area contributed by atoms with Crippen LogP contribution in [0.4, 0.5) is 4.79 Å².